The van der Waals surface area contributed by atoms with E-state index in [9.17, 15) is 14.7 Å². The Hall–Kier alpha value is -5.15. The van der Waals surface area contributed by atoms with Crippen LogP contribution in [0.15, 0.2) is 96.6 Å². The fraction of sp³-hybridized carbons (Fsp3) is 0.171. The monoisotopic (exact) mass is 604 g/mol. The summed E-state index contributed by atoms with van der Waals surface area (Å²) >= 11 is 1.28. The smallest absolute Gasteiger partial charge is 0.301 e. The Bertz CT molecular complexity index is 1950. The lowest BCUT2D eigenvalue weighted by atomic mass is 9.94. The highest BCUT2D eigenvalue weighted by Gasteiger charge is 2.48. The van der Waals surface area contributed by atoms with Crippen molar-refractivity contribution < 1.29 is 28.9 Å². The molecule has 5 aromatic rings. The number of Topliss-reactive ketones (excluding diaryl/α,β-unsaturated/α-hetero) is 1. The second kappa shape index (κ2) is 11.2. The van der Waals surface area contributed by atoms with Crippen LogP contribution in [0.3, 0.4) is 0 Å². The van der Waals surface area contributed by atoms with Gasteiger partial charge < -0.3 is 19.3 Å². The summed E-state index contributed by atoms with van der Waals surface area (Å²) in [4.78, 5) is 33.6. The van der Waals surface area contributed by atoms with E-state index in [1.54, 1.807) is 31.4 Å². The molecule has 2 aliphatic rings. The predicted molar refractivity (Wildman–Crippen MR) is 168 cm³/mol. The Morgan fingerprint density at radius 2 is 1.84 bits per heavy atom. The molecule has 8 nitrogen and oxygen atoms in total. The summed E-state index contributed by atoms with van der Waals surface area (Å²) in [5, 5.41) is 12.0. The van der Waals surface area contributed by atoms with Crippen LogP contribution < -0.4 is 19.1 Å². The normalized spacial score (nSPS) is 18.8. The number of carbonyl (C=O) groups is 2. The predicted octanol–water partition coefficient (Wildman–Crippen LogP) is 6.83. The Labute approximate surface area is 257 Å². The molecule has 1 N–H and O–H groups in total. The average Bonchev–Trinajstić information content (AvgIpc) is 3.71. The van der Waals surface area contributed by atoms with Gasteiger partial charge in [0.1, 0.15) is 35.7 Å². The van der Waals surface area contributed by atoms with Gasteiger partial charge >= 0.3 is 5.91 Å². The number of thiazole rings is 1. The molecule has 0 spiro atoms. The van der Waals surface area contributed by atoms with Gasteiger partial charge in [0.05, 0.1) is 28.9 Å². The molecule has 0 unspecified atom stereocenters. The number of aromatic nitrogens is 1. The van der Waals surface area contributed by atoms with Crippen molar-refractivity contribution in [2.45, 2.75) is 32.1 Å². The van der Waals surface area contributed by atoms with Crippen molar-refractivity contribution in [3.63, 3.8) is 0 Å². The fourth-order valence-corrected chi connectivity index (χ4v) is 6.73. The van der Waals surface area contributed by atoms with Gasteiger partial charge in [0.2, 0.25) is 0 Å². The number of aliphatic hydroxyl groups is 1. The highest BCUT2D eigenvalue weighted by atomic mass is 32.1. The van der Waals surface area contributed by atoms with Gasteiger partial charge in [-0.1, -0.05) is 53.8 Å². The maximum atomic E-state index is 13.8. The zero-order valence-electron chi connectivity index (χ0n) is 24.0. The van der Waals surface area contributed by atoms with Crippen molar-refractivity contribution in [3.05, 3.63) is 119 Å². The van der Waals surface area contributed by atoms with Crippen LogP contribution in [-0.4, -0.2) is 35.0 Å². The van der Waals surface area contributed by atoms with Crippen molar-refractivity contribution in [3.8, 4) is 17.2 Å². The van der Waals surface area contributed by atoms with E-state index < -0.39 is 17.7 Å². The van der Waals surface area contributed by atoms with Gasteiger partial charge in [0, 0.05) is 12.0 Å². The molecule has 1 aromatic heterocycles. The zero-order valence-corrected chi connectivity index (χ0v) is 24.8. The molecule has 1 amide bonds. The molecule has 4 aromatic carbocycles. The number of methoxy groups -OCH3 is 1. The Morgan fingerprint density at radius 3 is 2.66 bits per heavy atom. The maximum absolute atomic E-state index is 13.8. The van der Waals surface area contributed by atoms with Crippen LogP contribution in [0.4, 0.5) is 5.13 Å². The minimum atomic E-state index is -0.943. The lowest BCUT2D eigenvalue weighted by Crippen LogP contribution is -2.29. The molecule has 220 valence electrons. The first-order valence-corrected chi connectivity index (χ1v) is 15.0. The lowest BCUT2D eigenvalue weighted by molar-refractivity contribution is -0.132. The van der Waals surface area contributed by atoms with E-state index in [-0.39, 0.29) is 17.4 Å². The number of amides is 1. The molecule has 0 saturated carbocycles. The van der Waals surface area contributed by atoms with Gasteiger partial charge in [-0.25, -0.2) is 4.98 Å². The molecule has 3 heterocycles. The van der Waals surface area contributed by atoms with E-state index in [2.05, 4.69) is 0 Å². The number of nitrogens with zero attached hydrogens (tertiary/aromatic N) is 2. The van der Waals surface area contributed by atoms with Crippen LogP contribution >= 0.6 is 11.3 Å². The number of ketones is 1. The molecule has 44 heavy (non-hydrogen) atoms. The summed E-state index contributed by atoms with van der Waals surface area (Å²) in [6.45, 7) is 2.32. The number of hydrogen-bond acceptors (Lipinski definition) is 8. The molecular weight excluding hydrogens is 576 g/mol. The van der Waals surface area contributed by atoms with Gasteiger partial charge in [0.15, 0.2) is 5.13 Å². The lowest BCUT2D eigenvalue weighted by Gasteiger charge is -2.23. The van der Waals surface area contributed by atoms with E-state index in [0.29, 0.717) is 46.3 Å². The van der Waals surface area contributed by atoms with Crippen LogP contribution in [0.25, 0.3) is 16.0 Å². The van der Waals surface area contributed by atoms with Crippen LogP contribution in [0.1, 0.15) is 35.2 Å². The van der Waals surface area contributed by atoms with Crippen LogP contribution in [0, 0.1) is 0 Å². The summed E-state index contributed by atoms with van der Waals surface area (Å²) < 4.78 is 18.1. The van der Waals surface area contributed by atoms with Crippen molar-refractivity contribution in [2.24, 2.45) is 0 Å². The molecule has 1 saturated heterocycles. The van der Waals surface area contributed by atoms with E-state index in [0.717, 1.165) is 21.6 Å². The minimum Gasteiger partial charge on any atom is -0.507 e. The molecule has 9 heteroatoms. The van der Waals surface area contributed by atoms with Crippen molar-refractivity contribution in [1.82, 2.24) is 4.98 Å². The first-order valence-electron chi connectivity index (χ1n) is 14.2. The summed E-state index contributed by atoms with van der Waals surface area (Å²) in [7, 11) is 1.58. The molecule has 0 bridgehead atoms. The fourth-order valence-electron chi connectivity index (χ4n) is 5.71. The van der Waals surface area contributed by atoms with Gasteiger partial charge in [-0.3, -0.25) is 14.5 Å². The third kappa shape index (κ3) is 4.95. The third-order valence-electron chi connectivity index (χ3n) is 7.83. The van der Waals surface area contributed by atoms with Crippen LogP contribution in [0.2, 0.25) is 0 Å². The number of aliphatic hydroxyl groups excluding tert-OH is 1. The minimum absolute atomic E-state index is 0.0149. The number of fused-ring (bicyclic) bond motifs is 2. The van der Waals surface area contributed by atoms with E-state index in [4.69, 9.17) is 19.2 Å². The van der Waals surface area contributed by atoms with Gasteiger partial charge in [0.25, 0.3) is 5.78 Å². The van der Waals surface area contributed by atoms with E-state index in [1.165, 1.54) is 16.2 Å². The maximum Gasteiger partial charge on any atom is 0.301 e. The van der Waals surface area contributed by atoms with Crippen molar-refractivity contribution >= 4 is 44.1 Å². The Kier molecular flexibility index (Phi) is 7.02. The zero-order chi connectivity index (χ0) is 30.4. The second-order valence-corrected chi connectivity index (χ2v) is 11.8. The second-order valence-electron chi connectivity index (χ2n) is 10.8. The summed E-state index contributed by atoms with van der Waals surface area (Å²) in [5.74, 6) is 0.163. The number of benzene rings is 4. The molecule has 0 aliphatic carbocycles. The molecular formula is C35H28N2O6S. The standard InChI is InChI=1S/C35H28N2O6S/c1-20-15-24-16-23(11-14-28(24)43-20)32(38)30-31(22-9-6-10-26(17-22)42-19-21-7-4-3-5-8-21)37(34(40)33(30)39)35-36-27-13-12-25(41-2)18-29(27)44-35/h3-14,16-18,20,31,38H,15,19H2,1-2H3/t20-,31+/m1/s1. The van der Waals surface area contributed by atoms with Crippen molar-refractivity contribution in [1.29, 1.82) is 0 Å². The molecule has 2 aliphatic heterocycles. The molecule has 0 radical (unpaired) electrons. The first-order chi connectivity index (χ1) is 21.4. The van der Waals surface area contributed by atoms with E-state index >= 15 is 0 Å². The summed E-state index contributed by atoms with van der Waals surface area (Å²) in [6, 6.07) is 26.9. The highest BCUT2D eigenvalue weighted by molar-refractivity contribution is 7.22. The van der Waals surface area contributed by atoms with Crippen LogP contribution in [0.5, 0.6) is 17.2 Å². The van der Waals surface area contributed by atoms with Gasteiger partial charge in [-0.2, -0.15) is 0 Å². The largest absolute Gasteiger partial charge is 0.507 e. The topological polar surface area (TPSA) is 98.2 Å². The van der Waals surface area contributed by atoms with E-state index in [1.807, 2.05) is 73.7 Å². The Morgan fingerprint density at radius 1 is 1.00 bits per heavy atom. The summed E-state index contributed by atoms with van der Waals surface area (Å²) in [5.41, 5.74) is 3.63. The number of ether oxygens (including phenoxy) is 3. The van der Waals surface area contributed by atoms with Gasteiger partial charge in [-0.15, -0.1) is 0 Å². The van der Waals surface area contributed by atoms with Gasteiger partial charge in [-0.05, 0) is 72.1 Å². The number of carbonyl (C=O) groups excluding carboxylic acids is 2. The third-order valence-corrected chi connectivity index (χ3v) is 8.84. The first kappa shape index (κ1) is 27.7. The average molecular weight is 605 g/mol. The number of hydrogen-bond donors (Lipinski definition) is 1. The molecule has 1 fully saturated rings. The quantitative estimate of drug-likeness (QED) is 0.123. The Balaban J connectivity index is 1.34. The van der Waals surface area contributed by atoms with Crippen molar-refractivity contribution in [2.75, 3.05) is 12.0 Å². The number of rotatable bonds is 7. The molecule has 2 atom stereocenters. The summed E-state index contributed by atoms with van der Waals surface area (Å²) in [6.07, 6.45) is 0.703. The molecule has 7 rings (SSSR count). The SMILES string of the molecule is COc1ccc2nc(N3C(=O)C(=O)C(=C(O)c4ccc5c(c4)C[C@@H](C)O5)[C@@H]3c3cccc(OCc4ccccc4)c3)sc2c1. The highest BCUT2D eigenvalue weighted by Crippen LogP contribution is 2.45. The van der Waals surface area contributed by atoms with Crippen LogP contribution in [-0.2, 0) is 22.6 Å². The number of anilines is 1.